The summed E-state index contributed by atoms with van der Waals surface area (Å²) in [4.78, 5) is 25.2. The Kier molecular flexibility index (Phi) is 4.27. The molecule has 0 saturated carbocycles. The van der Waals surface area contributed by atoms with Gasteiger partial charge in [0, 0.05) is 18.7 Å². The summed E-state index contributed by atoms with van der Waals surface area (Å²) >= 11 is 0. The molecule has 0 radical (unpaired) electrons. The number of carboxylic acid groups (broad SMARTS) is 1. The molecule has 5 nitrogen and oxygen atoms in total. The Bertz CT molecular complexity index is 497. The quantitative estimate of drug-likeness (QED) is 0.916. The lowest BCUT2D eigenvalue weighted by Gasteiger charge is -2.34. The maximum atomic E-state index is 12.4. The Labute approximate surface area is 118 Å². The summed E-state index contributed by atoms with van der Waals surface area (Å²) in [6.07, 6.45) is 0.627. The number of rotatable bonds is 3. The van der Waals surface area contributed by atoms with E-state index in [1.165, 1.54) is 0 Å². The predicted octanol–water partition coefficient (Wildman–Crippen LogP) is 1.88. The van der Waals surface area contributed by atoms with E-state index in [2.05, 4.69) is 0 Å². The van der Waals surface area contributed by atoms with Crippen LogP contribution < -0.4 is 4.74 Å². The van der Waals surface area contributed by atoms with Crippen LogP contribution in [0.5, 0.6) is 5.75 Å². The van der Waals surface area contributed by atoms with Gasteiger partial charge in [0.2, 0.25) is 0 Å². The minimum Gasteiger partial charge on any atom is -0.497 e. The SMILES string of the molecule is COc1ccc(C(=O)N2CC(C)CC(C(=O)O)C2)cc1. The third-order valence-electron chi connectivity index (χ3n) is 3.63. The van der Waals surface area contributed by atoms with Crippen molar-refractivity contribution in [3.63, 3.8) is 0 Å². The van der Waals surface area contributed by atoms with Crippen LogP contribution in [-0.4, -0.2) is 42.1 Å². The van der Waals surface area contributed by atoms with Crippen molar-refractivity contribution in [1.82, 2.24) is 4.90 Å². The van der Waals surface area contributed by atoms with Crippen LogP contribution in [0.25, 0.3) is 0 Å². The molecular formula is C15H19NO4. The zero-order chi connectivity index (χ0) is 14.7. The van der Waals surface area contributed by atoms with Crippen LogP contribution in [0.2, 0.25) is 0 Å². The fraction of sp³-hybridized carbons (Fsp3) is 0.467. The first kappa shape index (κ1) is 14.4. The first-order valence-corrected chi connectivity index (χ1v) is 6.67. The summed E-state index contributed by atoms with van der Waals surface area (Å²) in [5, 5.41) is 9.14. The monoisotopic (exact) mass is 277 g/mol. The van der Waals surface area contributed by atoms with Crippen molar-refractivity contribution in [2.45, 2.75) is 13.3 Å². The van der Waals surface area contributed by atoms with Gasteiger partial charge in [0.15, 0.2) is 0 Å². The van der Waals surface area contributed by atoms with Crippen LogP contribution in [0.15, 0.2) is 24.3 Å². The lowest BCUT2D eigenvalue weighted by atomic mass is 9.90. The van der Waals surface area contributed by atoms with Crippen molar-refractivity contribution in [3.8, 4) is 5.75 Å². The molecule has 1 aromatic rings. The third kappa shape index (κ3) is 3.10. The minimum absolute atomic E-state index is 0.120. The highest BCUT2D eigenvalue weighted by molar-refractivity contribution is 5.94. The van der Waals surface area contributed by atoms with Crippen molar-refractivity contribution in [3.05, 3.63) is 29.8 Å². The number of methoxy groups -OCH3 is 1. The highest BCUT2D eigenvalue weighted by Gasteiger charge is 2.32. The number of piperidine rings is 1. The molecule has 1 aliphatic heterocycles. The summed E-state index contributed by atoms with van der Waals surface area (Å²) in [5.41, 5.74) is 0.559. The van der Waals surface area contributed by atoms with Gasteiger partial charge in [-0.15, -0.1) is 0 Å². The molecule has 1 aliphatic rings. The van der Waals surface area contributed by atoms with Crippen LogP contribution in [0, 0.1) is 11.8 Å². The molecule has 1 aromatic carbocycles. The number of likely N-dealkylation sites (tertiary alicyclic amines) is 1. The largest absolute Gasteiger partial charge is 0.497 e. The Morgan fingerprint density at radius 2 is 1.90 bits per heavy atom. The van der Waals surface area contributed by atoms with E-state index in [1.54, 1.807) is 36.3 Å². The summed E-state index contributed by atoms with van der Waals surface area (Å²) < 4.78 is 5.06. The van der Waals surface area contributed by atoms with Gasteiger partial charge in [-0.05, 0) is 36.6 Å². The zero-order valence-corrected chi connectivity index (χ0v) is 11.7. The molecule has 2 unspecified atom stereocenters. The Morgan fingerprint density at radius 3 is 2.45 bits per heavy atom. The summed E-state index contributed by atoms with van der Waals surface area (Å²) in [6, 6.07) is 6.87. The molecule has 0 bridgehead atoms. The van der Waals surface area contributed by atoms with Gasteiger partial charge in [-0.25, -0.2) is 0 Å². The molecule has 1 saturated heterocycles. The van der Waals surface area contributed by atoms with Crippen LogP contribution in [0.1, 0.15) is 23.7 Å². The number of aliphatic carboxylic acids is 1. The molecule has 0 spiro atoms. The minimum atomic E-state index is -0.830. The second-order valence-corrected chi connectivity index (χ2v) is 5.31. The number of benzene rings is 1. The first-order valence-electron chi connectivity index (χ1n) is 6.67. The average molecular weight is 277 g/mol. The molecule has 2 atom stereocenters. The normalized spacial score (nSPS) is 22.4. The van der Waals surface area contributed by atoms with Crippen molar-refractivity contribution in [1.29, 1.82) is 0 Å². The number of hydrogen-bond donors (Lipinski definition) is 1. The highest BCUT2D eigenvalue weighted by atomic mass is 16.5. The predicted molar refractivity (Wildman–Crippen MR) is 73.8 cm³/mol. The van der Waals surface area contributed by atoms with E-state index >= 15 is 0 Å². The third-order valence-corrected chi connectivity index (χ3v) is 3.63. The second-order valence-electron chi connectivity index (χ2n) is 5.31. The lowest BCUT2D eigenvalue weighted by Crippen LogP contribution is -2.45. The molecule has 1 N–H and O–H groups in total. The van der Waals surface area contributed by atoms with E-state index in [0.717, 1.165) is 0 Å². The zero-order valence-electron chi connectivity index (χ0n) is 11.7. The van der Waals surface area contributed by atoms with Gasteiger partial charge in [-0.1, -0.05) is 6.92 Å². The highest BCUT2D eigenvalue weighted by Crippen LogP contribution is 2.23. The van der Waals surface area contributed by atoms with Crippen LogP contribution >= 0.6 is 0 Å². The van der Waals surface area contributed by atoms with Crippen molar-refractivity contribution >= 4 is 11.9 Å². The standard InChI is InChI=1S/C15H19NO4/c1-10-7-12(15(18)19)9-16(8-10)14(17)11-3-5-13(20-2)6-4-11/h3-6,10,12H,7-9H2,1-2H3,(H,18,19). The van der Waals surface area contributed by atoms with Gasteiger partial charge < -0.3 is 14.7 Å². The molecule has 1 fully saturated rings. The number of ether oxygens (including phenoxy) is 1. The van der Waals surface area contributed by atoms with E-state index in [9.17, 15) is 9.59 Å². The summed E-state index contributed by atoms with van der Waals surface area (Å²) in [7, 11) is 1.57. The number of amides is 1. The number of hydrogen-bond acceptors (Lipinski definition) is 3. The molecule has 108 valence electrons. The van der Waals surface area contributed by atoms with Gasteiger partial charge in [-0.2, -0.15) is 0 Å². The maximum absolute atomic E-state index is 12.4. The Morgan fingerprint density at radius 1 is 1.25 bits per heavy atom. The van der Waals surface area contributed by atoms with Gasteiger partial charge >= 0.3 is 5.97 Å². The van der Waals surface area contributed by atoms with Gasteiger partial charge in [-0.3, -0.25) is 9.59 Å². The van der Waals surface area contributed by atoms with E-state index in [-0.39, 0.29) is 18.4 Å². The summed E-state index contributed by atoms with van der Waals surface area (Å²) in [6.45, 7) is 2.86. The summed E-state index contributed by atoms with van der Waals surface area (Å²) in [5.74, 6) is -0.528. The fourth-order valence-electron chi connectivity index (χ4n) is 2.61. The molecule has 5 heteroatoms. The van der Waals surface area contributed by atoms with Gasteiger partial charge in [0.25, 0.3) is 5.91 Å². The van der Waals surface area contributed by atoms with Crippen molar-refractivity contribution in [2.75, 3.05) is 20.2 Å². The number of carbonyl (C=O) groups excluding carboxylic acids is 1. The molecule has 0 aliphatic carbocycles. The number of carboxylic acids is 1. The first-order chi connectivity index (χ1) is 9.51. The van der Waals surface area contributed by atoms with Gasteiger partial charge in [0.05, 0.1) is 13.0 Å². The van der Waals surface area contributed by atoms with E-state index in [0.29, 0.717) is 24.3 Å². The van der Waals surface area contributed by atoms with E-state index < -0.39 is 11.9 Å². The van der Waals surface area contributed by atoms with E-state index in [1.807, 2.05) is 6.92 Å². The maximum Gasteiger partial charge on any atom is 0.308 e. The molecule has 1 heterocycles. The smallest absolute Gasteiger partial charge is 0.308 e. The van der Waals surface area contributed by atoms with Crippen LogP contribution in [-0.2, 0) is 4.79 Å². The van der Waals surface area contributed by atoms with Crippen molar-refractivity contribution in [2.24, 2.45) is 11.8 Å². The van der Waals surface area contributed by atoms with Crippen molar-refractivity contribution < 1.29 is 19.4 Å². The van der Waals surface area contributed by atoms with Gasteiger partial charge in [0.1, 0.15) is 5.75 Å². The Balaban J connectivity index is 2.12. The Hall–Kier alpha value is -2.04. The average Bonchev–Trinajstić information content (AvgIpc) is 2.46. The topological polar surface area (TPSA) is 66.8 Å². The van der Waals surface area contributed by atoms with Crippen LogP contribution in [0.4, 0.5) is 0 Å². The molecule has 20 heavy (non-hydrogen) atoms. The van der Waals surface area contributed by atoms with Crippen LogP contribution in [0.3, 0.4) is 0 Å². The lowest BCUT2D eigenvalue weighted by molar-refractivity contribution is -0.143. The number of carbonyl (C=O) groups is 2. The second kappa shape index (κ2) is 5.94. The molecule has 2 rings (SSSR count). The molecular weight excluding hydrogens is 258 g/mol. The molecule has 1 amide bonds. The fourth-order valence-corrected chi connectivity index (χ4v) is 2.61. The van der Waals surface area contributed by atoms with E-state index in [4.69, 9.17) is 9.84 Å². The molecule has 0 aromatic heterocycles. The number of nitrogens with zero attached hydrogens (tertiary/aromatic N) is 1.